The molecule has 1 aromatic carbocycles. The number of fused-ring (bicyclic) bond motifs is 1. The van der Waals surface area contributed by atoms with Crippen LogP contribution >= 0.6 is 11.3 Å². The molecule has 32 heavy (non-hydrogen) atoms. The summed E-state index contributed by atoms with van der Waals surface area (Å²) in [6, 6.07) is 15.3. The van der Waals surface area contributed by atoms with Crippen molar-refractivity contribution in [3.63, 3.8) is 0 Å². The highest BCUT2D eigenvalue weighted by atomic mass is 32.1. The lowest BCUT2D eigenvalue weighted by atomic mass is 10.1. The molecule has 3 aromatic heterocycles. The van der Waals surface area contributed by atoms with Crippen LogP contribution in [0.5, 0.6) is 0 Å². The Morgan fingerprint density at radius 1 is 1.16 bits per heavy atom. The van der Waals surface area contributed by atoms with Crippen LogP contribution in [0.4, 0.5) is 5.69 Å². The molecule has 1 amide bonds. The Labute approximate surface area is 191 Å². The molecule has 0 aliphatic heterocycles. The molecular weight excluding hydrogens is 418 g/mol. The van der Waals surface area contributed by atoms with E-state index >= 15 is 0 Å². The second kappa shape index (κ2) is 8.56. The van der Waals surface area contributed by atoms with Gasteiger partial charge in [-0.15, -0.1) is 11.3 Å². The smallest absolute Gasteiger partial charge is 0.259 e. The van der Waals surface area contributed by atoms with Crippen molar-refractivity contribution in [3.05, 3.63) is 64.7 Å². The standard InChI is InChI=1S/C25H25N5OS/c1-15(2)29(19-8-6-7-18(11-19)13-26)25(31)20-12-22(23-10-9-17(5)32-23)28-24-21(20)14-27-30(24)16(3)4/h6-12,14-16H,1-5H3. The number of carbonyl (C=O) groups excluding carboxylic acids is 1. The van der Waals surface area contributed by atoms with Gasteiger partial charge in [-0.05, 0) is 71.0 Å². The Balaban J connectivity index is 1.93. The maximum absolute atomic E-state index is 13.9. The molecule has 4 aromatic rings. The summed E-state index contributed by atoms with van der Waals surface area (Å²) in [5.41, 5.74) is 3.22. The molecule has 0 aliphatic rings. The predicted octanol–water partition coefficient (Wildman–Crippen LogP) is 5.98. The quantitative estimate of drug-likeness (QED) is 0.380. The zero-order valence-electron chi connectivity index (χ0n) is 18.8. The number of amides is 1. The fourth-order valence-corrected chi connectivity index (χ4v) is 4.60. The Hall–Kier alpha value is -3.50. The first-order valence-corrected chi connectivity index (χ1v) is 11.4. The molecule has 0 N–H and O–H groups in total. The van der Waals surface area contributed by atoms with Crippen LogP contribution in [0.25, 0.3) is 21.6 Å². The van der Waals surface area contributed by atoms with Gasteiger partial charge in [0.15, 0.2) is 5.65 Å². The Morgan fingerprint density at radius 2 is 1.94 bits per heavy atom. The van der Waals surface area contributed by atoms with Gasteiger partial charge in [-0.1, -0.05) is 6.07 Å². The summed E-state index contributed by atoms with van der Waals surface area (Å²) in [5.74, 6) is -0.139. The number of aromatic nitrogens is 3. The van der Waals surface area contributed by atoms with Crippen LogP contribution in [0.1, 0.15) is 54.5 Å². The molecule has 0 unspecified atom stereocenters. The number of rotatable bonds is 5. The van der Waals surface area contributed by atoms with Crippen LogP contribution in [-0.4, -0.2) is 26.7 Å². The van der Waals surface area contributed by atoms with E-state index in [-0.39, 0.29) is 18.0 Å². The van der Waals surface area contributed by atoms with Crippen molar-refractivity contribution in [2.24, 2.45) is 0 Å². The van der Waals surface area contributed by atoms with Crippen molar-refractivity contribution in [1.82, 2.24) is 14.8 Å². The van der Waals surface area contributed by atoms with Gasteiger partial charge in [-0.25, -0.2) is 9.67 Å². The number of nitrogens with zero attached hydrogens (tertiary/aromatic N) is 5. The lowest BCUT2D eigenvalue weighted by Gasteiger charge is -2.27. The summed E-state index contributed by atoms with van der Waals surface area (Å²) in [6.45, 7) is 10.1. The summed E-state index contributed by atoms with van der Waals surface area (Å²) in [7, 11) is 0. The van der Waals surface area contributed by atoms with Crippen molar-refractivity contribution in [1.29, 1.82) is 5.26 Å². The summed E-state index contributed by atoms with van der Waals surface area (Å²) in [5, 5.41) is 14.6. The van der Waals surface area contributed by atoms with Gasteiger partial charge in [0.05, 0.1) is 39.4 Å². The van der Waals surface area contributed by atoms with E-state index in [4.69, 9.17) is 4.98 Å². The van der Waals surface area contributed by atoms with Gasteiger partial charge >= 0.3 is 0 Å². The third kappa shape index (κ3) is 3.90. The van der Waals surface area contributed by atoms with Crippen molar-refractivity contribution in [2.45, 2.75) is 46.7 Å². The van der Waals surface area contributed by atoms with Gasteiger partial charge in [-0.2, -0.15) is 10.4 Å². The van der Waals surface area contributed by atoms with Crippen LogP contribution in [0.2, 0.25) is 0 Å². The highest BCUT2D eigenvalue weighted by molar-refractivity contribution is 7.15. The van der Waals surface area contributed by atoms with Crippen LogP contribution in [0.15, 0.2) is 48.7 Å². The molecule has 0 atom stereocenters. The number of nitriles is 1. The molecule has 7 heteroatoms. The Bertz CT molecular complexity index is 1340. The van der Waals surface area contributed by atoms with Crippen LogP contribution in [0.3, 0.4) is 0 Å². The summed E-state index contributed by atoms with van der Waals surface area (Å²) in [4.78, 5) is 22.8. The van der Waals surface area contributed by atoms with E-state index in [1.807, 2.05) is 50.6 Å². The molecule has 0 saturated heterocycles. The van der Waals surface area contributed by atoms with E-state index in [9.17, 15) is 10.1 Å². The van der Waals surface area contributed by atoms with E-state index in [1.165, 1.54) is 4.88 Å². The Morgan fingerprint density at radius 3 is 2.56 bits per heavy atom. The molecule has 0 radical (unpaired) electrons. The third-order valence-electron chi connectivity index (χ3n) is 5.27. The molecule has 4 rings (SSSR count). The van der Waals surface area contributed by atoms with Gasteiger partial charge in [-0.3, -0.25) is 4.79 Å². The zero-order valence-corrected chi connectivity index (χ0v) is 19.6. The molecular formula is C25H25N5OS. The summed E-state index contributed by atoms with van der Waals surface area (Å²) in [6.07, 6.45) is 1.73. The molecule has 3 heterocycles. The van der Waals surface area contributed by atoms with Gasteiger partial charge in [0, 0.05) is 22.6 Å². The van der Waals surface area contributed by atoms with E-state index in [2.05, 4.69) is 24.2 Å². The van der Waals surface area contributed by atoms with Crippen LogP contribution in [0, 0.1) is 18.3 Å². The van der Waals surface area contributed by atoms with E-state index in [1.54, 1.807) is 40.6 Å². The fraction of sp³-hybridized carbons (Fsp3) is 0.280. The second-order valence-corrected chi connectivity index (χ2v) is 9.60. The van der Waals surface area contributed by atoms with Crippen molar-refractivity contribution in [3.8, 4) is 16.6 Å². The number of pyridine rings is 1. The first-order chi connectivity index (χ1) is 15.3. The van der Waals surface area contributed by atoms with E-state index in [0.29, 0.717) is 22.5 Å². The first-order valence-electron chi connectivity index (χ1n) is 10.6. The minimum Gasteiger partial charge on any atom is -0.306 e. The van der Waals surface area contributed by atoms with Crippen LogP contribution < -0.4 is 4.90 Å². The minimum atomic E-state index is -0.139. The predicted molar refractivity (Wildman–Crippen MR) is 129 cm³/mol. The lowest BCUT2D eigenvalue weighted by molar-refractivity contribution is 0.0982. The van der Waals surface area contributed by atoms with E-state index in [0.717, 1.165) is 16.0 Å². The molecule has 0 saturated carbocycles. The first kappa shape index (κ1) is 21.7. The van der Waals surface area contributed by atoms with Gasteiger partial charge in [0.25, 0.3) is 5.91 Å². The number of carbonyl (C=O) groups is 1. The van der Waals surface area contributed by atoms with Crippen molar-refractivity contribution < 1.29 is 4.79 Å². The van der Waals surface area contributed by atoms with E-state index < -0.39 is 0 Å². The van der Waals surface area contributed by atoms with Crippen LogP contribution in [-0.2, 0) is 0 Å². The molecule has 0 fully saturated rings. The summed E-state index contributed by atoms with van der Waals surface area (Å²) < 4.78 is 1.85. The van der Waals surface area contributed by atoms with Gasteiger partial charge in [0.2, 0.25) is 0 Å². The maximum atomic E-state index is 13.9. The fourth-order valence-electron chi connectivity index (χ4n) is 3.78. The minimum absolute atomic E-state index is 0.104. The lowest BCUT2D eigenvalue weighted by Crippen LogP contribution is -2.37. The highest BCUT2D eigenvalue weighted by Gasteiger charge is 2.26. The number of hydrogen-bond donors (Lipinski definition) is 0. The van der Waals surface area contributed by atoms with Gasteiger partial charge < -0.3 is 4.90 Å². The van der Waals surface area contributed by atoms with Gasteiger partial charge in [0.1, 0.15) is 0 Å². The highest BCUT2D eigenvalue weighted by Crippen LogP contribution is 2.32. The topological polar surface area (TPSA) is 74.8 Å². The molecule has 6 nitrogen and oxygen atoms in total. The van der Waals surface area contributed by atoms with Crippen molar-refractivity contribution in [2.75, 3.05) is 4.90 Å². The number of benzene rings is 1. The third-order valence-corrected chi connectivity index (χ3v) is 6.29. The number of anilines is 1. The molecule has 0 aliphatic carbocycles. The Kier molecular flexibility index (Phi) is 5.81. The number of aryl methyl sites for hydroxylation is 1. The number of thiophene rings is 1. The average Bonchev–Trinajstić information content (AvgIpc) is 3.39. The number of hydrogen-bond acceptors (Lipinski definition) is 5. The second-order valence-electron chi connectivity index (χ2n) is 8.32. The summed E-state index contributed by atoms with van der Waals surface area (Å²) >= 11 is 1.65. The zero-order chi connectivity index (χ0) is 23.0. The largest absolute Gasteiger partial charge is 0.306 e. The molecule has 162 valence electrons. The maximum Gasteiger partial charge on any atom is 0.259 e. The normalized spacial score (nSPS) is 11.3. The molecule has 0 bridgehead atoms. The monoisotopic (exact) mass is 443 g/mol. The van der Waals surface area contributed by atoms with Crippen molar-refractivity contribution >= 4 is 34.0 Å². The SMILES string of the molecule is Cc1ccc(-c2cc(C(=O)N(c3cccc(C#N)c3)C(C)C)c3cnn(C(C)C)c3n2)s1. The average molecular weight is 444 g/mol. The molecule has 0 spiro atoms.